The third-order valence-electron chi connectivity index (χ3n) is 1.46. The van der Waals surface area contributed by atoms with Crippen LogP contribution in [0.1, 0.15) is 11.1 Å². The second-order valence-electron chi connectivity index (χ2n) is 2.22. The van der Waals surface area contributed by atoms with Crippen LogP contribution >= 0.6 is 0 Å². The molecule has 0 aromatic heterocycles. The molecule has 0 fully saturated rings. The lowest BCUT2D eigenvalue weighted by Gasteiger charge is -1.98. The van der Waals surface area contributed by atoms with Gasteiger partial charge in [-0.15, -0.1) is 0 Å². The van der Waals surface area contributed by atoms with Gasteiger partial charge in [0.2, 0.25) is 0 Å². The molecule has 0 saturated heterocycles. The van der Waals surface area contributed by atoms with Gasteiger partial charge in [-0.1, -0.05) is 0 Å². The average molecular weight is 168 g/mol. The van der Waals surface area contributed by atoms with Crippen LogP contribution in [0.15, 0.2) is 18.2 Å². The summed E-state index contributed by atoms with van der Waals surface area (Å²) in [6.45, 7) is 0. The van der Waals surface area contributed by atoms with Crippen LogP contribution in [0, 0.1) is 34.1 Å². The SMILES string of the molecule is N#CNc1ccc(C#N)c(C#N)c1. The van der Waals surface area contributed by atoms with E-state index < -0.39 is 0 Å². The molecule has 0 heterocycles. The molecular formula is C9H4N4. The summed E-state index contributed by atoms with van der Waals surface area (Å²) in [5.74, 6) is 0. The Bertz CT molecular complexity index is 442. The van der Waals surface area contributed by atoms with E-state index in [1.807, 2.05) is 12.1 Å². The summed E-state index contributed by atoms with van der Waals surface area (Å²) in [7, 11) is 0. The van der Waals surface area contributed by atoms with Gasteiger partial charge in [0, 0.05) is 5.69 Å². The molecule has 1 aromatic rings. The molecule has 0 saturated carbocycles. The number of anilines is 1. The molecule has 1 aromatic carbocycles. The van der Waals surface area contributed by atoms with Gasteiger partial charge >= 0.3 is 0 Å². The standard InChI is InChI=1S/C9H4N4/c10-4-7-1-2-9(13-6-12)3-8(7)5-11/h1-3,13H. The van der Waals surface area contributed by atoms with Crippen molar-refractivity contribution in [2.75, 3.05) is 5.32 Å². The van der Waals surface area contributed by atoms with Gasteiger partial charge in [0.05, 0.1) is 11.1 Å². The molecule has 13 heavy (non-hydrogen) atoms. The maximum absolute atomic E-state index is 8.63. The zero-order valence-corrected chi connectivity index (χ0v) is 6.57. The minimum atomic E-state index is 0.266. The normalized spacial score (nSPS) is 7.77. The molecule has 4 heteroatoms. The highest BCUT2D eigenvalue weighted by Crippen LogP contribution is 2.13. The quantitative estimate of drug-likeness (QED) is 0.506. The third kappa shape index (κ3) is 1.74. The monoisotopic (exact) mass is 168 g/mol. The number of hydrogen-bond donors (Lipinski definition) is 1. The fourth-order valence-electron chi connectivity index (χ4n) is 0.877. The highest BCUT2D eigenvalue weighted by Gasteiger charge is 2.01. The first-order valence-corrected chi connectivity index (χ1v) is 3.41. The van der Waals surface area contributed by atoms with Gasteiger partial charge in [-0.3, -0.25) is 5.32 Å². The van der Waals surface area contributed by atoms with Crippen LogP contribution in [-0.2, 0) is 0 Å². The van der Waals surface area contributed by atoms with E-state index in [1.165, 1.54) is 12.1 Å². The van der Waals surface area contributed by atoms with Gasteiger partial charge in [0.1, 0.15) is 12.1 Å². The Morgan fingerprint density at radius 3 is 2.23 bits per heavy atom. The van der Waals surface area contributed by atoms with Gasteiger partial charge in [-0.05, 0) is 18.2 Å². The van der Waals surface area contributed by atoms with Crippen LogP contribution in [0.25, 0.3) is 0 Å². The highest BCUT2D eigenvalue weighted by molar-refractivity contribution is 5.57. The average Bonchev–Trinajstić information content (AvgIpc) is 2.18. The molecular weight excluding hydrogens is 164 g/mol. The number of rotatable bonds is 1. The van der Waals surface area contributed by atoms with Crippen molar-refractivity contribution >= 4 is 5.69 Å². The van der Waals surface area contributed by atoms with Crippen LogP contribution in [0.4, 0.5) is 5.69 Å². The molecule has 60 valence electrons. The highest BCUT2D eigenvalue weighted by atomic mass is 14.9. The zero-order valence-electron chi connectivity index (χ0n) is 6.57. The van der Waals surface area contributed by atoms with Crippen LogP contribution < -0.4 is 5.32 Å². The lowest BCUT2D eigenvalue weighted by Crippen LogP contribution is -1.90. The molecule has 0 radical (unpaired) electrons. The number of nitriles is 3. The fraction of sp³-hybridized carbons (Fsp3) is 0. The molecule has 0 unspecified atom stereocenters. The van der Waals surface area contributed by atoms with Gasteiger partial charge in [-0.25, -0.2) is 0 Å². The second kappa shape index (κ2) is 3.76. The van der Waals surface area contributed by atoms with Crippen molar-refractivity contribution < 1.29 is 0 Å². The largest absolute Gasteiger partial charge is 0.293 e. The van der Waals surface area contributed by atoms with E-state index in [1.54, 1.807) is 12.3 Å². The smallest absolute Gasteiger partial charge is 0.181 e. The molecule has 4 nitrogen and oxygen atoms in total. The number of nitrogens with one attached hydrogen (secondary N) is 1. The van der Waals surface area contributed by atoms with Crippen molar-refractivity contribution in [3.8, 4) is 18.3 Å². The summed E-state index contributed by atoms with van der Waals surface area (Å²) in [6, 6.07) is 8.29. The minimum Gasteiger partial charge on any atom is -0.293 e. The zero-order chi connectivity index (χ0) is 9.68. The maximum atomic E-state index is 8.63. The molecule has 0 aliphatic rings. The Kier molecular flexibility index (Phi) is 2.48. The molecule has 1 N–H and O–H groups in total. The topological polar surface area (TPSA) is 83.4 Å². The van der Waals surface area contributed by atoms with Gasteiger partial charge < -0.3 is 0 Å². The van der Waals surface area contributed by atoms with Gasteiger partial charge in [0.25, 0.3) is 0 Å². The third-order valence-corrected chi connectivity index (χ3v) is 1.46. The van der Waals surface area contributed by atoms with E-state index in [-0.39, 0.29) is 5.56 Å². The first-order valence-electron chi connectivity index (χ1n) is 3.41. The Morgan fingerprint density at radius 1 is 1.00 bits per heavy atom. The minimum absolute atomic E-state index is 0.266. The second-order valence-corrected chi connectivity index (χ2v) is 2.22. The molecule has 1 rings (SSSR count). The van der Waals surface area contributed by atoms with Crippen molar-refractivity contribution in [2.45, 2.75) is 0 Å². The Hall–Kier alpha value is -2.51. The van der Waals surface area contributed by atoms with Crippen molar-refractivity contribution in [3.63, 3.8) is 0 Å². The molecule has 0 aliphatic heterocycles. The number of hydrogen-bond acceptors (Lipinski definition) is 4. The lowest BCUT2D eigenvalue weighted by molar-refractivity contribution is 1.41. The van der Waals surface area contributed by atoms with Gasteiger partial charge in [0.15, 0.2) is 6.19 Å². The summed E-state index contributed by atoms with van der Waals surface area (Å²) in [5, 5.41) is 27.9. The van der Waals surface area contributed by atoms with Gasteiger partial charge in [-0.2, -0.15) is 15.8 Å². The van der Waals surface area contributed by atoms with E-state index in [0.717, 1.165) is 0 Å². The molecule has 0 bridgehead atoms. The van der Waals surface area contributed by atoms with Crippen molar-refractivity contribution in [3.05, 3.63) is 29.3 Å². The van der Waals surface area contributed by atoms with Crippen molar-refractivity contribution in [1.29, 1.82) is 15.8 Å². The Morgan fingerprint density at radius 2 is 1.69 bits per heavy atom. The lowest BCUT2D eigenvalue weighted by atomic mass is 10.1. The van der Waals surface area contributed by atoms with E-state index in [4.69, 9.17) is 15.8 Å². The van der Waals surface area contributed by atoms with Crippen molar-refractivity contribution in [1.82, 2.24) is 0 Å². The predicted molar refractivity (Wildman–Crippen MR) is 45.1 cm³/mol. The van der Waals surface area contributed by atoms with Crippen LogP contribution in [0.2, 0.25) is 0 Å². The number of benzene rings is 1. The van der Waals surface area contributed by atoms with E-state index in [9.17, 15) is 0 Å². The summed E-state index contributed by atoms with van der Waals surface area (Å²) in [5.41, 5.74) is 1.09. The Balaban J connectivity index is 3.19. The number of nitrogens with zero attached hydrogens (tertiary/aromatic N) is 3. The molecule has 0 atom stereocenters. The summed E-state index contributed by atoms with van der Waals surface area (Å²) in [6.07, 6.45) is 1.73. The molecule has 0 amide bonds. The Labute approximate surface area is 75.3 Å². The van der Waals surface area contributed by atoms with E-state index >= 15 is 0 Å². The van der Waals surface area contributed by atoms with E-state index in [0.29, 0.717) is 11.3 Å². The molecule has 0 spiro atoms. The molecule has 0 aliphatic carbocycles. The van der Waals surface area contributed by atoms with Crippen molar-refractivity contribution in [2.24, 2.45) is 0 Å². The first-order chi connectivity index (χ1) is 6.31. The maximum Gasteiger partial charge on any atom is 0.181 e. The van der Waals surface area contributed by atoms with Crippen LogP contribution in [0.5, 0.6) is 0 Å². The summed E-state index contributed by atoms with van der Waals surface area (Å²) < 4.78 is 0. The summed E-state index contributed by atoms with van der Waals surface area (Å²) >= 11 is 0. The van der Waals surface area contributed by atoms with Crippen LogP contribution in [-0.4, -0.2) is 0 Å². The van der Waals surface area contributed by atoms with Crippen LogP contribution in [0.3, 0.4) is 0 Å². The first kappa shape index (κ1) is 8.59. The van der Waals surface area contributed by atoms with E-state index in [2.05, 4.69) is 5.32 Å². The summed E-state index contributed by atoms with van der Waals surface area (Å²) in [4.78, 5) is 0. The predicted octanol–water partition coefficient (Wildman–Crippen LogP) is 1.32. The fourth-order valence-corrected chi connectivity index (χ4v) is 0.877.